The Morgan fingerprint density at radius 1 is 1.23 bits per heavy atom. The van der Waals surface area contributed by atoms with Crippen molar-refractivity contribution in [3.63, 3.8) is 0 Å². The second-order valence-electron chi connectivity index (χ2n) is 5.82. The summed E-state index contributed by atoms with van der Waals surface area (Å²) < 4.78 is 7.79. The Morgan fingerprint density at radius 2 is 2.00 bits per heavy atom. The van der Waals surface area contributed by atoms with E-state index < -0.39 is 6.10 Å². The molecule has 1 unspecified atom stereocenters. The SMILES string of the molecule is OC(COc1ccccc1)CN1CCC(n2ccnc2)CC1. The molecule has 1 saturated heterocycles. The molecule has 1 fully saturated rings. The lowest BCUT2D eigenvalue weighted by atomic mass is 10.0. The van der Waals surface area contributed by atoms with Gasteiger partial charge in [-0.1, -0.05) is 18.2 Å². The number of imidazole rings is 1. The predicted octanol–water partition coefficient (Wildman–Crippen LogP) is 1.96. The second kappa shape index (κ2) is 7.42. The van der Waals surface area contributed by atoms with Gasteiger partial charge in [-0.25, -0.2) is 4.98 Å². The van der Waals surface area contributed by atoms with Crippen molar-refractivity contribution in [1.29, 1.82) is 0 Å². The summed E-state index contributed by atoms with van der Waals surface area (Å²) in [7, 11) is 0. The van der Waals surface area contributed by atoms with Crippen LogP contribution < -0.4 is 4.74 Å². The second-order valence-corrected chi connectivity index (χ2v) is 5.82. The van der Waals surface area contributed by atoms with Gasteiger partial charge in [0.15, 0.2) is 0 Å². The van der Waals surface area contributed by atoms with E-state index in [1.807, 2.05) is 49.1 Å². The van der Waals surface area contributed by atoms with Gasteiger partial charge in [0.2, 0.25) is 0 Å². The van der Waals surface area contributed by atoms with Crippen LogP contribution in [0.1, 0.15) is 18.9 Å². The van der Waals surface area contributed by atoms with Crippen LogP contribution >= 0.6 is 0 Å². The maximum Gasteiger partial charge on any atom is 0.119 e. The summed E-state index contributed by atoms with van der Waals surface area (Å²) in [6, 6.07) is 10.2. The highest BCUT2D eigenvalue weighted by Crippen LogP contribution is 2.22. The average molecular weight is 301 g/mol. The van der Waals surface area contributed by atoms with E-state index in [1.54, 1.807) is 0 Å². The third-order valence-corrected chi connectivity index (χ3v) is 4.16. The molecule has 0 saturated carbocycles. The highest BCUT2D eigenvalue weighted by molar-refractivity contribution is 5.20. The van der Waals surface area contributed by atoms with Crippen LogP contribution in [0.2, 0.25) is 0 Å². The van der Waals surface area contributed by atoms with Crippen molar-refractivity contribution in [2.24, 2.45) is 0 Å². The quantitative estimate of drug-likeness (QED) is 0.886. The lowest BCUT2D eigenvalue weighted by Gasteiger charge is -2.33. The van der Waals surface area contributed by atoms with Gasteiger partial charge in [0.05, 0.1) is 6.33 Å². The first-order valence-corrected chi connectivity index (χ1v) is 7.87. The van der Waals surface area contributed by atoms with Gasteiger partial charge in [-0.3, -0.25) is 0 Å². The molecule has 3 rings (SSSR count). The molecule has 1 aliphatic rings. The number of hydrogen-bond donors (Lipinski definition) is 1. The lowest BCUT2D eigenvalue weighted by Crippen LogP contribution is -2.41. The molecule has 0 radical (unpaired) electrons. The Kier molecular flexibility index (Phi) is 5.08. The maximum atomic E-state index is 10.1. The van der Waals surface area contributed by atoms with Crippen LogP contribution in [-0.4, -0.2) is 51.9 Å². The number of aliphatic hydroxyl groups excluding tert-OH is 1. The zero-order valence-electron chi connectivity index (χ0n) is 12.7. The number of hydrogen-bond acceptors (Lipinski definition) is 4. The van der Waals surface area contributed by atoms with Gasteiger partial charge in [-0.15, -0.1) is 0 Å². The van der Waals surface area contributed by atoms with E-state index in [0.717, 1.165) is 31.7 Å². The summed E-state index contributed by atoms with van der Waals surface area (Å²) in [5.74, 6) is 0.806. The molecule has 22 heavy (non-hydrogen) atoms. The van der Waals surface area contributed by atoms with Gasteiger partial charge in [-0.05, 0) is 25.0 Å². The van der Waals surface area contributed by atoms with Crippen molar-refractivity contribution in [2.45, 2.75) is 25.0 Å². The normalized spacial score (nSPS) is 18.2. The molecule has 1 aromatic carbocycles. The van der Waals surface area contributed by atoms with Crippen molar-refractivity contribution in [1.82, 2.24) is 14.5 Å². The number of piperidine rings is 1. The third kappa shape index (κ3) is 4.08. The smallest absolute Gasteiger partial charge is 0.119 e. The first-order chi connectivity index (χ1) is 10.8. The van der Waals surface area contributed by atoms with Crippen LogP contribution in [0, 0.1) is 0 Å². The monoisotopic (exact) mass is 301 g/mol. The lowest BCUT2D eigenvalue weighted by molar-refractivity contribution is 0.0558. The van der Waals surface area contributed by atoms with Gasteiger partial charge in [-0.2, -0.15) is 0 Å². The third-order valence-electron chi connectivity index (χ3n) is 4.16. The molecule has 5 heteroatoms. The molecular weight excluding hydrogens is 278 g/mol. The van der Waals surface area contributed by atoms with Crippen LogP contribution in [0.25, 0.3) is 0 Å². The van der Waals surface area contributed by atoms with Gasteiger partial charge < -0.3 is 19.3 Å². The largest absolute Gasteiger partial charge is 0.491 e. The summed E-state index contributed by atoms with van der Waals surface area (Å²) >= 11 is 0. The van der Waals surface area contributed by atoms with Crippen molar-refractivity contribution >= 4 is 0 Å². The minimum Gasteiger partial charge on any atom is -0.491 e. The maximum absolute atomic E-state index is 10.1. The minimum absolute atomic E-state index is 0.339. The molecule has 2 heterocycles. The molecule has 1 atom stereocenters. The van der Waals surface area contributed by atoms with Gasteiger partial charge >= 0.3 is 0 Å². The van der Waals surface area contributed by atoms with Crippen LogP contribution in [0.15, 0.2) is 49.1 Å². The topological polar surface area (TPSA) is 50.5 Å². The molecule has 5 nitrogen and oxygen atoms in total. The highest BCUT2D eigenvalue weighted by Gasteiger charge is 2.21. The van der Waals surface area contributed by atoms with E-state index in [9.17, 15) is 5.11 Å². The molecule has 0 aliphatic carbocycles. The van der Waals surface area contributed by atoms with Gasteiger partial charge in [0.25, 0.3) is 0 Å². The molecule has 0 bridgehead atoms. The van der Waals surface area contributed by atoms with Crippen LogP contribution in [0.4, 0.5) is 0 Å². The number of nitrogens with zero attached hydrogens (tertiary/aromatic N) is 3. The van der Waals surface area contributed by atoms with E-state index in [4.69, 9.17) is 4.74 Å². The fourth-order valence-corrected chi connectivity index (χ4v) is 2.95. The molecular formula is C17H23N3O2. The Morgan fingerprint density at radius 3 is 2.68 bits per heavy atom. The van der Waals surface area contributed by atoms with E-state index >= 15 is 0 Å². The summed E-state index contributed by atoms with van der Waals surface area (Å²) in [5, 5.41) is 10.1. The first-order valence-electron chi connectivity index (χ1n) is 7.87. The van der Waals surface area contributed by atoms with Crippen LogP contribution in [-0.2, 0) is 0 Å². The van der Waals surface area contributed by atoms with Crippen molar-refractivity contribution in [3.8, 4) is 5.75 Å². The van der Waals surface area contributed by atoms with Crippen LogP contribution in [0.5, 0.6) is 5.75 Å². The molecule has 118 valence electrons. The minimum atomic E-state index is -0.454. The Hall–Kier alpha value is -1.85. The van der Waals surface area contributed by atoms with E-state index in [1.165, 1.54) is 0 Å². The predicted molar refractivity (Wildman–Crippen MR) is 84.9 cm³/mol. The summed E-state index contributed by atoms with van der Waals surface area (Å²) in [6.45, 7) is 3.02. The summed E-state index contributed by atoms with van der Waals surface area (Å²) in [5.41, 5.74) is 0. The van der Waals surface area contributed by atoms with Gasteiger partial charge in [0.1, 0.15) is 18.5 Å². The average Bonchev–Trinajstić information content (AvgIpc) is 3.09. The molecule has 1 aromatic heterocycles. The summed E-state index contributed by atoms with van der Waals surface area (Å²) in [6.07, 6.45) is 7.50. The number of aliphatic hydroxyl groups is 1. The zero-order valence-corrected chi connectivity index (χ0v) is 12.7. The van der Waals surface area contributed by atoms with E-state index in [0.29, 0.717) is 19.2 Å². The van der Waals surface area contributed by atoms with Crippen LogP contribution in [0.3, 0.4) is 0 Å². The number of benzene rings is 1. The first kappa shape index (κ1) is 15.1. The van der Waals surface area contributed by atoms with Crippen molar-refractivity contribution in [2.75, 3.05) is 26.2 Å². The van der Waals surface area contributed by atoms with E-state index in [2.05, 4.69) is 14.5 Å². The molecule has 2 aromatic rings. The summed E-state index contributed by atoms with van der Waals surface area (Å²) in [4.78, 5) is 6.42. The number of β-amino-alcohol motifs (C(OH)–C–C–N with tert-alkyl or cyclic N) is 1. The molecule has 1 N–H and O–H groups in total. The fraction of sp³-hybridized carbons (Fsp3) is 0.471. The molecule has 0 spiro atoms. The molecule has 0 amide bonds. The van der Waals surface area contributed by atoms with E-state index in [-0.39, 0.29) is 0 Å². The fourth-order valence-electron chi connectivity index (χ4n) is 2.95. The Balaban J connectivity index is 1.39. The van der Waals surface area contributed by atoms with Gasteiger partial charge in [0, 0.05) is 38.1 Å². The number of para-hydroxylation sites is 1. The molecule has 1 aliphatic heterocycles. The Labute approximate surface area is 131 Å². The Bertz CT molecular complexity index is 536. The van der Waals surface area contributed by atoms with Crippen molar-refractivity contribution < 1.29 is 9.84 Å². The highest BCUT2D eigenvalue weighted by atomic mass is 16.5. The van der Waals surface area contributed by atoms with Crippen molar-refractivity contribution in [3.05, 3.63) is 49.1 Å². The number of ether oxygens (including phenoxy) is 1. The number of likely N-dealkylation sites (tertiary alicyclic amines) is 1. The number of rotatable bonds is 6. The standard InChI is InChI=1S/C17H23N3O2/c21-16(13-22-17-4-2-1-3-5-17)12-19-9-6-15(7-10-19)20-11-8-18-14-20/h1-5,8,11,14-16,21H,6-7,9-10,12-13H2. The number of aromatic nitrogens is 2. The zero-order chi connectivity index (χ0) is 15.2.